The van der Waals surface area contributed by atoms with Gasteiger partial charge in [-0.15, -0.1) is 90.7 Å². The van der Waals surface area contributed by atoms with Gasteiger partial charge in [0, 0.05) is 58.5 Å². The van der Waals surface area contributed by atoms with Crippen LogP contribution in [0.1, 0.15) is 162 Å². The molecule has 8 heterocycles. The number of nitriles is 2. The Morgan fingerprint density at radius 1 is 0.329 bits per heavy atom. The molecule has 0 bridgehead atoms. The highest BCUT2D eigenvalue weighted by Gasteiger charge is 2.21. The Morgan fingerprint density at radius 3 is 0.886 bits per heavy atom. The molecule has 8 rings (SSSR count). The third-order valence-corrected chi connectivity index (χ3v) is 25.8. The monoisotopic (exact) mass is 1110 g/mol. The zero-order valence-electron chi connectivity index (χ0n) is 41.0. The molecule has 0 aromatic carbocycles. The Hall–Kier alpha value is -2.72. The summed E-state index contributed by atoms with van der Waals surface area (Å²) in [4.78, 5) is 17.7. The molecule has 12 heteroatoms. The van der Waals surface area contributed by atoms with Crippen LogP contribution in [0.4, 0.5) is 0 Å². The zero-order chi connectivity index (χ0) is 48.7. The van der Waals surface area contributed by atoms with Gasteiger partial charge in [-0.1, -0.05) is 105 Å². The first-order chi connectivity index (χ1) is 34.4. The van der Waals surface area contributed by atoms with E-state index in [0.717, 1.165) is 35.4 Å². The maximum absolute atomic E-state index is 9.78. The summed E-state index contributed by atoms with van der Waals surface area (Å²) in [5.41, 5.74) is 5.68. The molecule has 0 aliphatic carbocycles. The molecular formula is C58H64N2S10. The molecule has 70 heavy (non-hydrogen) atoms. The summed E-state index contributed by atoms with van der Waals surface area (Å²) in [6.45, 7) is 9.12. The van der Waals surface area contributed by atoms with E-state index in [-0.39, 0.29) is 0 Å². The molecule has 366 valence electrons. The molecule has 0 saturated carbocycles. The average molecular weight is 1110 g/mol. The first-order valence-electron chi connectivity index (χ1n) is 25.5. The highest BCUT2D eigenvalue weighted by atomic mass is 33.1. The molecule has 8 aromatic rings. The lowest BCUT2D eigenvalue weighted by Gasteiger charge is -2.02. The van der Waals surface area contributed by atoms with Crippen LogP contribution in [0.2, 0.25) is 0 Å². The van der Waals surface area contributed by atoms with E-state index in [1.807, 2.05) is 89.6 Å². The van der Waals surface area contributed by atoms with E-state index < -0.39 is 0 Å². The van der Waals surface area contributed by atoms with Crippen molar-refractivity contribution in [3.63, 3.8) is 0 Å². The van der Waals surface area contributed by atoms with E-state index >= 15 is 0 Å². The van der Waals surface area contributed by atoms with Crippen molar-refractivity contribution in [1.82, 2.24) is 0 Å². The van der Waals surface area contributed by atoms with Crippen LogP contribution in [0.15, 0.2) is 81.2 Å². The number of aryl methyl sites for hydroxylation is 4. The third-order valence-electron chi connectivity index (χ3n) is 12.6. The fourth-order valence-corrected chi connectivity index (χ4v) is 20.9. The zero-order valence-corrected chi connectivity index (χ0v) is 49.2. The van der Waals surface area contributed by atoms with Gasteiger partial charge in [-0.3, -0.25) is 0 Å². The quantitative estimate of drug-likeness (QED) is 0.0346. The van der Waals surface area contributed by atoms with Gasteiger partial charge in [-0.05, 0) is 168 Å². The maximum Gasteiger partial charge on any atom is 0.110 e. The Morgan fingerprint density at radius 2 is 0.600 bits per heavy atom. The first kappa shape index (κ1) is 53.6. The molecule has 0 N–H and O–H groups in total. The van der Waals surface area contributed by atoms with Gasteiger partial charge < -0.3 is 0 Å². The summed E-state index contributed by atoms with van der Waals surface area (Å²) in [6, 6.07) is 32.7. The normalized spacial score (nSPS) is 11.5. The molecule has 0 aliphatic heterocycles. The van der Waals surface area contributed by atoms with Gasteiger partial charge in [-0.2, -0.15) is 10.5 Å². The van der Waals surface area contributed by atoms with Crippen molar-refractivity contribution < 1.29 is 0 Å². The van der Waals surface area contributed by atoms with Crippen LogP contribution in [-0.2, 0) is 25.7 Å². The maximum atomic E-state index is 9.78. The van der Waals surface area contributed by atoms with Gasteiger partial charge in [0.05, 0.1) is 8.42 Å². The highest BCUT2D eigenvalue weighted by molar-refractivity contribution is 8.77. The summed E-state index contributed by atoms with van der Waals surface area (Å²) in [5, 5.41) is 19.6. The average Bonchev–Trinajstić information content (AvgIpc) is 4.23. The fraction of sp³-hybridized carbons (Fsp3) is 0.414. The second kappa shape index (κ2) is 27.5. The molecule has 0 amide bonds. The molecular weight excluding hydrogens is 1050 g/mol. The van der Waals surface area contributed by atoms with Crippen molar-refractivity contribution in [2.24, 2.45) is 0 Å². The van der Waals surface area contributed by atoms with E-state index in [9.17, 15) is 10.5 Å². The number of hydrogen-bond donors (Lipinski definition) is 0. The van der Waals surface area contributed by atoms with E-state index in [4.69, 9.17) is 0 Å². The lowest BCUT2D eigenvalue weighted by atomic mass is 10.1. The molecule has 8 aromatic heterocycles. The number of unbranched alkanes of at least 4 members (excludes halogenated alkanes) is 12. The number of rotatable bonds is 29. The van der Waals surface area contributed by atoms with E-state index in [2.05, 4.69) is 113 Å². The molecule has 0 saturated heterocycles. The van der Waals surface area contributed by atoms with Crippen LogP contribution in [0, 0.1) is 22.7 Å². The van der Waals surface area contributed by atoms with Gasteiger partial charge in [0.2, 0.25) is 0 Å². The van der Waals surface area contributed by atoms with Crippen molar-refractivity contribution in [2.45, 2.75) is 165 Å². The van der Waals surface area contributed by atoms with E-state index in [1.165, 1.54) is 192 Å². The highest BCUT2D eigenvalue weighted by Crippen LogP contribution is 2.52. The standard InChI is InChI=1S/C58H64N2S10/c1-5-9-13-17-21-39-33-43(37-59)61-55(39)49-29-25-45(63-49)47-27-31-51(65-47)57-41(23-19-15-11-7-3)35-53(67-57)69-70-54-36-42(24-20-16-12-8-4)58(68-54)52-32-28-48(66-52)46-26-30-50(64-46)56-40(22-18-14-10-6-2)34-44(38-60)62-56/h25-36H,5-24H2,1-4H3. The Bertz CT molecular complexity index is 2760. The van der Waals surface area contributed by atoms with Crippen molar-refractivity contribution >= 4 is 112 Å². The van der Waals surface area contributed by atoms with Crippen LogP contribution in [0.5, 0.6) is 0 Å². The molecule has 0 atom stereocenters. The fourth-order valence-electron chi connectivity index (χ4n) is 8.85. The van der Waals surface area contributed by atoms with Crippen molar-refractivity contribution in [2.75, 3.05) is 0 Å². The van der Waals surface area contributed by atoms with Crippen molar-refractivity contribution in [3.05, 3.63) is 105 Å². The topological polar surface area (TPSA) is 47.6 Å². The van der Waals surface area contributed by atoms with Crippen molar-refractivity contribution in [1.29, 1.82) is 10.5 Å². The van der Waals surface area contributed by atoms with Crippen LogP contribution in [0.3, 0.4) is 0 Å². The lowest BCUT2D eigenvalue weighted by Crippen LogP contribution is -1.85. The molecule has 0 unspecified atom stereocenters. The van der Waals surface area contributed by atoms with Crippen LogP contribution in [-0.4, -0.2) is 0 Å². The van der Waals surface area contributed by atoms with E-state index in [1.54, 1.807) is 22.7 Å². The number of thiophene rings is 8. The van der Waals surface area contributed by atoms with Crippen LogP contribution < -0.4 is 0 Å². The number of nitrogens with zero attached hydrogens (tertiary/aromatic N) is 2. The Labute approximate surface area is 458 Å². The first-order valence-corrected chi connectivity index (χ1v) is 34.2. The van der Waals surface area contributed by atoms with Gasteiger partial charge >= 0.3 is 0 Å². The summed E-state index contributed by atoms with van der Waals surface area (Å²) < 4.78 is 2.78. The van der Waals surface area contributed by atoms with Crippen LogP contribution in [0.25, 0.3) is 58.5 Å². The second-order valence-electron chi connectivity index (χ2n) is 18.1. The molecule has 0 fully saturated rings. The summed E-state index contributed by atoms with van der Waals surface area (Å²) in [6.07, 6.45) is 24.3. The number of hydrogen-bond acceptors (Lipinski definition) is 12. The van der Waals surface area contributed by atoms with Gasteiger partial charge in [0.1, 0.15) is 21.9 Å². The summed E-state index contributed by atoms with van der Waals surface area (Å²) in [5.74, 6) is 0. The summed E-state index contributed by atoms with van der Waals surface area (Å²) in [7, 11) is 3.89. The Kier molecular flexibility index (Phi) is 21.1. The SMILES string of the molecule is CCCCCCc1cc(C#N)sc1-c1ccc(-c2ccc(-c3sc(SSc4cc(CCCCCC)c(-c5ccc(-c6ccc(-c7sc(C#N)cc7CCCCCC)s6)s5)s4)cc3CCCCCC)s2)s1. The third kappa shape index (κ3) is 14.1. The Balaban J connectivity index is 0.994. The predicted octanol–water partition coefficient (Wildman–Crippen LogP) is 23.2. The smallest absolute Gasteiger partial charge is 0.110 e. The van der Waals surface area contributed by atoms with Gasteiger partial charge in [0.15, 0.2) is 0 Å². The van der Waals surface area contributed by atoms with Crippen molar-refractivity contribution in [3.8, 4) is 70.7 Å². The minimum Gasteiger partial charge on any atom is -0.192 e. The second-order valence-corrected chi connectivity index (χ2v) is 29.3. The lowest BCUT2D eigenvalue weighted by molar-refractivity contribution is 0.667. The molecule has 0 spiro atoms. The minimum atomic E-state index is 0.821. The largest absolute Gasteiger partial charge is 0.192 e. The van der Waals surface area contributed by atoms with Crippen LogP contribution >= 0.6 is 112 Å². The minimum absolute atomic E-state index is 0.821. The van der Waals surface area contributed by atoms with Gasteiger partial charge in [-0.25, -0.2) is 0 Å². The molecule has 0 aliphatic rings. The predicted molar refractivity (Wildman–Crippen MR) is 321 cm³/mol. The summed E-state index contributed by atoms with van der Waals surface area (Å²) >= 11 is 14.9. The van der Waals surface area contributed by atoms with E-state index in [0.29, 0.717) is 0 Å². The molecule has 2 nitrogen and oxygen atoms in total. The molecule has 0 radical (unpaired) electrons. The van der Waals surface area contributed by atoms with Gasteiger partial charge in [0.25, 0.3) is 0 Å².